The molecule has 0 aliphatic heterocycles. The van der Waals surface area contributed by atoms with Crippen LogP contribution in [0.4, 0.5) is 0 Å². The Kier molecular flexibility index (Phi) is 3.36. The molecular weight excluding hydrogens is 232 g/mol. The van der Waals surface area contributed by atoms with E-state index in [-0.39, 0.29) is 17.6 Å². The first-order chi connectivity index (χ1) is 8.65. The van der Waals surface area contributed by atoms with Crippen LogP contribution in [0.15, 0.2) is 18.5 Å². The third kappa shape index (κ3) is 2.22. The Hall–Kier alpha value is -2.24. The molecule has 0 fully saturated rings. The van der Waals surface area contributed by atoms with Gasteiger partial charge in [-0.15, -0.1) is 0 Å². The summed E-state index contributed by atoms with van der Waals surface area (Å²) in [6.07, 6.45) is 4.55. The molecule has 0 bridgehead atoms. The molecule has 0 saturated heterocycles. The number of hydrogen-bond donors (Lipinski definition) is 1. The van der Waals surface area contributed by atoms with Crippen LogP contribution in [-0.2, 0) is 0 Å². The molecule has 6 nitrogen and oxygen atoms in total. The van der Waals surface area contributed by atoms with Gasteiger partial charge in [0.1, 0.15) is 5.69 Å². The Balaban J connectivity index is 2.34. The predicted octanol–water partition coefficient (Wildman–Crippen LogP) is 1.07. The van der Waals surface area contributed by atoms with E-state index < -0.39 is 0 Å². The molecule has 2 aromatic rings. The maximum absolute atomic E-state index is 11.9. The molecule has 1 amide bonds. The number of aromatic nitrogens is 3. The normalized spacial score (nSPS) is 12.3. The third-order valence-electron chi connectivity index (χ3n) is 2.75. The molecule has 6 heteroatoms. The van der Waals surface area contributed by atoms with Gasteiger partial charge in [-0.3, -0.25) is 9.59 Å². The summed E-state index contributed by atoms with van der Waals surface area (Å²) < 4.78 is 1.46. The molecular formula is C12H14N4O2. The summed E-state index contributed by atoms with van der Waals surface area (Å²) in [6, 6.07) is 1.66. The number of carbonyl (C=O) groups is 2. The van der Waals surface area contributed by atoms with E-state index >= 15 is 0 Å². The average molecular weight is 246 g/mol. The predicted molar refractivity (Wildman–Crippen MR) is 65.6 cm³/mol. The van der Waals surface area contributed by atoms with Crippen molar-refractivity contribution in [1.82, 2.24) is 19.9 Å². The second kappa shape index (κ2) is 4.95. The van der Waals surface area contributed by atoms with Gasteiger partial charge >= 0.3 is 0 Å². The molecule has 94 valence electrons. The first-order valence-electron chi connectivity index (χ1n) is 5.76. The third-order valence-corrected chi connectivity index (χ3v) is 2.75. The molecule has 18 heavy (non-hydrogen) atoms. The molecule has 0 radical (unpaired) electrons. The minimum Gasteiger partial charge on any atom is -0.348 e. The lowest BCUT2D eigenvalue weighted by Crippen LogP contribution is -2.32. The first-order valence-corrected chi connectivity index (χ1v) is 5.76. The van der Waals surface area contributed by atoms with E-state index in [9.17, 15) is 9.59 Å². The number of aldehydes is 1. The fourth-order valence-electron chi connectivity index (χ4n) is 1.50. The molecule has 0 spiro atoms. The number of nitrogens with one attached hydrogen (secondary N) is 1. The number of nitrogens with zero attached hydrogens (tertiary/aromatic N) is 3. The summed E-state index contributed by atoms with van der Waals surface area (Å²) in [5.74, 6) is -0.245. The zero-order chi connectivity index (χ0) is 13.1. The highest BCUT2D eigenvalue weighted by molar-refractivity contribution is 5.93. The fourth-order valence-corrected chi connectivity index (χ4v) is 1.50. The van der Waals surface area contributed by atoms with Crippen LogP contribution in [0.25, 0.3) is 5.65 Å². The van der Waals surface area contributed by atoms with E-state index in [4.69, 9.17) is 0 Å². The van der Waals surface area contributed by atoms with E-state index in [0.29, 0.717) is 17.5 Å². The monoisotopic (exact) mass is 246 g/mol. The molecule has 2 heterocycles. The van der Waals surface area contributed by atoms with Crippen LogP contribution in [0.3, 0.4) is 0 Å². The van der Waals surface area contributed by atoms with Crippen LogP contribution >= 0.6 is 0 Å². The molecule has 1 atom stereocenters. The highest BCUT2D eigenvalue weighted by Gasteiger charge is 2.12. The van der Waals surface area contributed by atoms with Crippen LogP contribution in [0, 0.1) is 0 Å². The smallest absolute Gasteiger partial charge is 0.270 e. The Bertz CT molecular complexity index is 591. The Morgan fingerprint density at radius 3 is 3.06 bits per heavy atom. The van der Waals surface area contributed by atoms with Crippen molar-refractivity contribution in [3.63, 3.8) is 0 Å². The van der Waals surface area contributed by atoms with Crippen LogP contribution in [0.2, 0.25) is 0 Å². The van der Waals surface area contributed by atoms with Crippen molar-refractivity contribution in [2.75, 3.05) is 0 Å². The van der Waals surface area contributed by atoms with Gasteiger partial charge in [0, 0.05) is 12.2 Å². The Labute approximate surface area is 104 Å². The molecule has 2 aromatic heterocycles. The fraction of sp³-hybridized carbons (Fsp3) is 0.333. The van der Waals surface area contributed by atoms with Gasteiger partial charge in [0.15, 0.2) is 11.9 Å². The van der Waals surface area contributed by atoms with Crippen molar-refractivity contribution >= 4 is 17.8 Å². The summed E-state index contributed by atoms with van der Waals surface area (Å²) in [4.78, 5) is 26.8. The Morgan fingerprint density at radius 2 is 2.39 bits per heavy atom. The summed E-state index contributed by atoms with van der Waals surface area (Å²) in [6.45, 7) is 3.91. The summed E-state index contributed by atoms with van der Waals surface area (Å²) in [7, 11) is 0. The van der Waals surface area contributed by atoms with Crippen LogP contribution in [0.1, 0.15) is 41.1 Å². The van der Waals surface area contributed by atoms with Crippen molar-refractivity contribution in [3.8, 4) is 0 Å². The minimum atomic E-state index is -0.245. The SMILES string of the molecule is CCC(C)NC(=O)c1ccn2ncc(C=O)c2n1. The molecule has 1 N–H and O–H groups in total. The standard InChI is InChI=1S/C12H14N4O2/c1-3-8(2)14-12(18)10-4-5-16-11(15-10)9(7-17)6-13-16/h4-8H,3H2,1-2H3,(H,14,18). The molecule has 0 aromatic carbocycles. The van der Waals surface area contributed by atoms with Gasteiger partial charge in [-0.2, -0.15) is 5.10 Å². The number of hydrogen-bond acceptors (Lipinski definition) is 4. The topological polar surface area (TPSA) is 76.4 Å². The van der Waals surface area contributed by atoms with Crippen LogP contribution in [-0.4, -0.2) is 32.8 Å². The van der Waals surface area contributed by atoms with E-state index in [1.807, 2.05) is 13.8 Å². The first kappa shape index (κ1) is 12.2. The van der Waals surface area contributed by atoms with Gasteiger partial charge in [-0.05, 0) is 19.4 Å². The average Bonchev–Trinajstić information content (AvgIpc) is 2.80. The van der Waals surface area contributed by atoms with Crippen molar-refractivity contribution in [3.05, 3.63) is 29.7 Å². The van der Waals surface area contributed by atoms with Gasteiger partial charge < -0.3 is 5.32 Å². The minimum absolute atomic E-state index is 0.0889. The van der Waals surface area contributed by atoms with Gasteiger partial charge in [-0.25, -0.2) is 9.50 Å². The lowest BCUT2D eigenvalue weighted by Gasteiger charge is -2.10. The van der Waals surface area contributed by atoms with Crippen molar-refractivity contribution in [2.45, 2.75) is 26.3 Å². The quantitative estimate of drug-likeness (QED) is 0.819. The number of rotatable bonds is 4. The van der Waals surface area contributed by atoms with Gasteiger partial charge in [0.25, 0.3) is 5.91 Å². The Morgan fingerprint density at radius 1 is 1.61 bits per heavy atom. The lowest BCUT2D eigenvalue weighted by atomic mass is 10.2. The van der Waals surface area contributed by atoms with Gasteiger partial charge in [0.2, 0.25) is 0 Å². The van der Waals surface area contributed by atoms with Gasteiger partial charge in [-0.1, -0.05) is 6.92 Å². The summed E-state index contributed by atoms with van der Waals surface area (Å²) in [5.41, 5.74) is 1.04. The molecule has 0 aliphatic carbocycles. The number of carbonyl (C=O) groups excluding carboxylic acids is 2. The maximum Gasteiger partial charge on any atom is 0.270 e. The molecule has 0 aliphatic rings. The van der Waals surface area contributed by atoms with E-state index in [0.717, 1.165) is 6.42 Å². The number of fused-ring (bicyclic) bond motifs is 1. The second-order valence-corrected chi connectivity index (χ2v) is 4.08. The van der Waals surface area contributed by atoms with Crippen molar-refractivity contribution < 1.29 is 9.59 Å². The zero-order valence-electron chi connectivity index (χ0n) is 10.3. The molecule has 2 rings (SSSR count). The molecule has 0 saturated carbocycles. The van der Waals surface area contributed by atoms with E-state index in [1.165, 1.54) is 10.7 Å². The van der Waals surface area contributed by atoms with Crippen LogP contribution in [0.5, 0.6) is 0 Å². The van der Waals surface area contributed by atoms with Crippen molar-refractivity contribution in [2.24, 2.45) is 0 Å². The van der Waals surface area contributed by atoms with Crippen LogP contribution < -0.4 is 5.32 Å². The van der Waals surface area contributed by atoms with E-state index in [1.54, 1.807) is 12.3 Å². The van der Waals surface area contributed by atoms with E-state index in [2.05, 4.69) is 15.4 Å². The van der Waals surface area contributed by atoms with Gasteiger partial charge in [0.05, 0.1) is 11.8 Å². The lowest BCUT2D eigenvalue weighted by molar-refractivity contribution is 0.0934. The second-order valence-electron chi connectivity index (χ2n) is 4.08. The summed E-state index contributed by atoms with van der Waals surface area (Å²) in [5, 5.41) is 6.78. The highest BCUT2D eigenvalue weighted by Crippen LogP contribution is 2.06. The zero-order valence-corrected chi connectivity index (χ0v) is 10.3. The highest BCUT2D eigenvalue weighted by atomic mass is 16.2. The molecule has 1 unspecified atom stereocenters. The summed E-state index contributed by atoms with van der Waals surface area (Å²) >= 11 is 0. The van der Waals surface area contributed by atoms with Crippen molar-refractivity contribution in [1.29, 1.82) is 0 Å². The maximum atomic E-state index is 11.9. The number of amides is 1. The largest absolute Gasteiger partial charge is 0.348 e.